The molecule has 0 fully saturated rings. The molecule has 130 valence electrons. The van der Waals surface area contributed by atoms with Crippen LogP contribution in [0.5, 0.6) is 5.75 Å². The molecule has 0 aliphatic carbocycles. The molecule has 1 N–H and O–H groups in total. The minimum Gasteiger partial charge on any atom is -0.493 e. The minimum absolute atomic E-state index is 0.0448. The van der Waals surface area contributed by atoms with Gasteiger partial charge in [-0.15, -0.1) is 11.3 Å². The fourth-order valence-electron chi connectivity index (χ4n) is 1.98. The fraction of sp³-hybridized carbons (Fsp3) is 0.278. The second kappa shape index (κ2) is 8.85. The molecule has 1 amide bonds. The van der Waals surface area contributed by atoms with E-state index in [1.54, 1.807) is 11.4 Å². The highest BCUT2D eigenvalue weighted by molar-refractivity contribution is 7.14. The molecular weight excluding hydrogens is 340 g/mol. The number of hydrogen-bond donors (Lipinski definition) is 1. The molecule has 25 heavy (non-hydrogen) atoms. The maximum atomic E-state index is 11.7. The summed E-state index contributed by atoms with van der Waals surface area (Å²) < 4.78 is 10.5. The van der Waals surface area contributed by atoms with Crippen molar-refractivity contribution in [2.24, 2.45) is 0 Å². The number of rotatable bonds is 7. The maximum absolute atomic E-state index is 11.7. The Bertz CT molecular complexity index is 808. The van der Waals surface area contributed by atoms with Crippen molar-refractivity contribution in [3.63, 3.8) is 0 Å². The number of benzene rings is 1. The summed E-state index contributed by atoms with van der Waals surface area (Å²) in [7, 11) is 0. The Labute approximate surface area is 150 Å². The van der Waals surface area contributed by atoms with Crippen LogP contribution in [0.1, 0.15) is 23.1 Å². The predicted octanol–water partition coefficient (Wildman–Crippen LogP) is 3.19. The van der Waals surface area contributed by atoms with Crippen molar-refractivity contribution in [1.82, 2.24) is 0 Å². The SMILES string of the molecule is Cc1ccc(C)c(OCCC(=O)OCC(=O)Nc2sccc2C#N)c1. The van der Waals surface area contributed by atoms with Crippen molar-refractivity contribution in [1.29, 1.82) is 5.26 Å². The lowest BCUT2D eigenvalue weighted by Gasteiger charge is -2.10. The molecule has 0 spiro atoms. The van der Waals surface area contributed by atoms with Gasteiger partial charge < -0.3 is 14.8 Å². The number of nitriles is 1. The number of carbonyl (C=O) groups is 2. The summed E-state index contributed by atoms with van der Waals surface area (Å²) in [6, 6.07) is 9.42. The van der Waals surface area contributed by atoms with Crippen molar-refractivity contribution in [2.45, 2.75) is 20.3 Å². The summed E-state index contributed by atoms with van der Waals surface area (Å²) in [5.41, 5.74) is 2.44. The monoisotopic (exact) mass is 358 g/mol. The Morgan fingerprint density at radius 1 is 1.28 bits per heavy atom. The molecule has 0 radical (unpaired) electrons. The Morgan fingerprint density at radius 3 is 2.84 bits per heavy atom. The van der Waals surface area contributed by atoms with E-state index >= 15 is 0 Å². The lowest BCUT2D eigenvalue weighted by molar-refractivity contribution is -0.147. The summed E-state index contributed by atoms with van der Waals surface area (Å²) in [4.78, 5) is 23.4. The predicted molar refractivity (Wildman–Crippen MR) is 94.7 cm³/mol. The van der Waals surface area contributed by atoms with Gasteiger partial charge in [0, 0.05) is 0 Å². The molecule has 1 heterocycles. The van der Waals surface area contributed by atoms with Gasteiger partial charge in [-0.1, -0.05) is 12.1 Å². The first-order valence-corrected chi connectivity index (χ1v) is 8.50. The first kappa shape index (κ1) is 18.5. The number of amides is 1. The van der Waals surface area contributed by atoms with Crippen molar-refractivity contribution in [3.05, 3.63) is 46.3 Å². The molecule has 2 aromatic rings. The van der Waals surface area contributed by atoms with Gasteiger partial charge in [-0.05, 0) is 42.5 Å². The number of nitrogens with zero attached hydrogens (tertiary/aromatic N) is 1. The smallest absolute Gasteiger partial charge is 0.309 e. The third-order valence-corrected chi connectivity index (χ3v) is 4.14. The number of carbonyl (C=O) groups excluding carboxylic acids is 2. The van der Waals surface area contributed by atoms with E-state index < -0.39 is 18.5 Å². The Morgan fingerprint density at radius 2 is 2.08 bits per heavy atom. The average molecular weight is 358 g/mol. The fourth-order valence-corrected chi connectivity index (χ4v) is 2.74. The molecule has 0 unspecified atom stereocenters. The third kappa shape index (κ3) is 5.62. The lowest BCUT2D eigenvalue weighted by atomic mass is 10.1. The van der Waals surface area contributed by atoms with Gasteiger partial charge in [-0.2, -0.15) is 5.26 Å². The standard InChI is InChI=1S/C18H18N2O4S/c1-12-3-4-13(2)15(9-12)23-7-5-17(22)24-11-16(21)20-18-14(10-19)6-8-25-18/h3-4,6,8-9H,5,7,11H2,1-2H3,(H,20,21). The van der Waals surface area contributed by atoms with E-state index in [9.17, 15) is 9.59 Å². The molecule has 2 rings (SSSR count). The highest BCUT2D eigenvalue weighted by Crippen LogP contribution is 2.22. The summed E-state index contributed by atoms with van der Waals surface area (Å²) in [6.07, 6.45) is 0.0448. The van der Waals surface area contributed by atoms with Crippen LogP contribution >= 0.6 is 11.3 Å². The summed E-state index contributed by atoms with van der Waals surface area (Å²) in [5.74, 6) is -0.276. The lowest BCUT2D eigenvalue weighted by Crippen LogP contribution is -2.21. The van der Waals surface area contributed by atoms with Crippen LogP contribution in [0.2, 0.25) is 0 Å². The van der Waals surface area contributed by atoms with Crippen molar-refractivity contribution in [3.8, 4) is 11.8 Å². The second-order valence-corrected chi connectivity index (χ2v) is 6.27. The van der Waals surface area contributed by atoms with Crippen molar-refractivity contribution in [2.75, 3.05) is 18.5 Å². The number of hydrogen-bond acceptors (Lipinski definition) is 6. The third-order valence-electron chi connectivity index (χ3n) is 3.31. The van der Waals surface area contributed by atoms with Crippen LogP contribution in [0.4, 0.5) is 5.00 Å². The largest absolute Gasteiger partial charge is 0.493 e. The van der Waals surface area contributed by atoms with Gasteiger partial charge in [0.05, 0.1) is 18.6 Å². The zero-order valence-corrected chi connectivity index (χ0v) is 14.8. The minimum atomic E-state index is -0.521. The summed E-state index contributed by atoms with van der Waals surface area (Å²) >= 11 is 1.24. The van der Waals surface area contributed by atoms with Crippen LogP contribution in [0.25, 0.3) is 0 Å². The molecule has 1 aromatic carbocycles. The zero-order chi connectivity index (χ0) is 18.2. The highest BCUT2D eigenvalue weighted by Gasteiger charge is 2.11. The van der Waals surface area contributed by atoms with Gasteiger partial charge in [0.1, 0.15) is 16.8 Å². The topological polar surface area (TPSA) is 88.4 Å². The van der Waals surface area contributed by atoms with Crippen molar-refractivity contribution >= 4 is 28.2 Å². The molecule has 0 aliphatic rings. The molecule has 1 aromatic heterocycles. The molecule has 0 saturated carbocycles. The highest BCUT2D eigenvalue weighted by atomic mass is 32.1. The van der Waals surface area contributed by atoms with Crippen LogP contribution in [-0.2, 0) is 14.3 Å². The molecule has 0 saturated heterocycles. The van der Waals surface area contributed by atoms with E-state index in [4.69, 9.17) is 14.7 Å². The zero-order valence-electron chi connectivity index (χ0n) is 14.0. The molecule has 7 heteroatoms. The molecule has 6 nitrogen and oxygen atoms in total. The first-order valence-electron chi connectivity index (χ1n) is 7.62. The number of esters is 1. The molecular formula is C18H18N2O4S. The van der Waals surface area contributed by atoms with Crippen LogP contribution in [0, 0.1) is 25.2 Å². The number of anilines is 1. The average Bonchev–Trinajstić information content (AvgIpc) is 3.03. The van der Waals surface area contributed by atoms with Gasteiger partial charge in [-0.3, -0.25) is 9.59 Å². The summed E-state index contributed by atoms with van der Waals surface area (Å²) in [5, 5.41) is 13.6. The van der Waals surface area contributed by atoms with Crippen LogP contribution in [0.3, 0.4) is 0 Å². The Balaban J connectivity index is 1.71. The normalized spacial score (nSPS) is 9.96. The Kier molecular flexibility index (Phi) is 6.54. The number of thiophene rings is 1. The van der Waals surface area contributed by atoms with E-state index in [0.29, 0.717) is 10.6 Å². The van der Waals surface area contributed by atoms with Crippen LogP contribution < -0.4 is 10.1 Å². The first-order chi connectivity index (χ1) is 12.0. The van der Waals surface area contributed by atoms with Gasteiger partial charge >= 0.3 is 5.97 Å². The van der Waals surface area contributed by atoms with Gasteiger partial charge in [0.15, 0.2) is 6.61 Å². The number of ether oxygens (including phenoxy) is 2. The van der Waals surface area contributed by atoms with E-state index in [1.165, 1.54) is 11.3 Å². The van der Waals surface area contributed by atoms with Crippen molar-refractivity contribution < 1.29 is 19.1 Å². The van der Waals surface area contributed by atoms with Crippen LogP contribution in [0.15, 0.2) is 29.6 Å². The van der Waals surface area contributed by atoms with Crippen LogP contribution in [-0.4, -0.2) is 25.1 Å². The van der Waals surface area contributed by atoms with E-state index in [1.807, 2.05) is 38.1 Å². The number of aryl methyl sites for hydroxylation is 2. The van der Waals surface area contributed by atoms with Gasteiger partial charge in [-0.25, -0.2) is 0 Å². The molecule has 0 aliphatic heterocycles. The quantitative estimate of drug-likeness (QED) is 0.768. The van der Waals surface area contributed by atoms with Gasteiger partial charge in [0.25, 0.3) is 5.91 Å². The van der Waals surface area contributed by atoms with E-state index in [2.05, 4.69) is 5.32 Å². The molecule has 0 atom stereocenters. The second-order valence-electron chi connectivity index (χ2n) is 5.35. The van der Waals surface area contributed by atoms with E-state index in [-0.39, 0.29) is 13.0 Å². The number of nitrogens with one attached hydrogen (secondary N) is 1. The Hall–Kier alpha value is -2.85. The molecule has 0 bridgehead atoms. The van der Waals surface area contributed by atoms with E-state index in [0.717, 1.165) is 16.9 Å². The van der Waals surface area contributed by atoms with Gasteiger partial charge in [0.2, 0.25) is 0 Å². The summed E-state index contributed by atoms with van der Waals surface area (Å²) in [6.45, 7) is 3.67. The maximum Gasteiger partial charge on any atom is 0.309 e.